The number of halogens is 2. The zero-order valence-electron chi connectivity index (χ0n) is 20.8. The number of ether oxygens (including phenoxy) is 1. The summed E-state index contributed by atoms with van der Waals surface area (Å²) in [6.07, 6.45) is 5.28. The smallest absolute Gasteiger partial charge is 0.143 e. The van der Waals surface area contributed by atoms with Gasteiger partial charge >= 0.3 is 0 Å². The molecule has 6 nitrogen and oxygen atoms in total. The van der Waals surface area contributed by atoms with Crippen molar-refractivity contribution in [2.75, 3.05) is 18.6 Å². The van der Waals surface area contributed by atoms with Crippen molar-refractivity contribution in [2.24, 2.45) is 0 Å². The van der Waals surface area contributed by atoms with Gasteiger partial charge in [0.15, 0.2) is 0 Å². The van der Waals surface area contributed by atoms with E-state index in [-0.39, 0.29) is 17.2 Å². The maximum Gasteiger partial charge on any atom is 0.143 e. The number of hydrogen-bond donors (Lipinski definition) is 0. The van der Waals surface area contributed by atoms with E-state index in [9.17, 15) is 4.39 Å². The van der Waals surface area contributed by atoms with E-state index in [2.05, 4.69) is 32.8 Å². The van der Waals surface area contributed by atoms with Crippen molar-refractivity contribution < 1.29 is 13.7 Å². The number of imidazole rings is 1. The van der Waals surface area contributed by atoms with Gasteiger partial charge in [-0.25, -0.2) is 9.37 Å². The van der Waals surface area contributed by atoms with E-state index in [1.165, 1.54) is 0 Å². The minimum atomic E-state index is -0.392. The van der Waals surface area contributed by atoms with Crippen LogP contribution < -0.4 is 4.90 Å². The van der Waals surface area contributed by atoms with Crippen molar-refractivity contribution in [3.05, 3.63) is 64.5 Å². The molecule has 1 aliphatic heterocycles. The summed E-state index contributed by atoms with van der Waals surface area (Å²) in [7, 11) is 1.80. The summed E-state index contributed by atoms with van der Waals surface area (Å²) in [4.78, 5) is 7.52. The minimum absolute atomic E-state index is 0.0575. The lowest BCUT2D eigenvalue weighted by Gasteiger charge is -2.29. The van der Waals surface area contributed by atoms with Gasteiger partial charge in [-0.2, -0.15) is 0 Å². The predicted molar refractivity (Wildman–Crippen MR) is 139 cm³/mol. The number of fused-ring (bicyclic) bond motifs is 1. The molecule has 1 aliphatic carbocycles. The van der Waals surface area contributed by atoms with Crippen LogP contribution in [-0.2, 0) is 4.74 Å². The van der Waals surface area contributed by atoms with Crippen molar-refractivity contribution >= 4 is 28.3 Å². The number of methoxy groups -OCH3 is 1. The number of nitrogens with zero attached hydrogens (tertiary/aromatic N) is 4. The topological polar surface area (TPSA) is 56.3 Å². The van der Waals surface area contributed by atoms with Crippen LogP contribution >= 0.6 is 11.6 Å². The van der Waals surface area contributed by atoms with Gasteiger partial charge in [-0.15, -0.1) is 0 Å². The summed E-state index contributed by atoms with van der Waals surface area (Å²) in [5.74, 6) is 1.45. The Kier molecular flexibility index (Phi) is 6.00. The van der Waals surface area contributed by atoms with Crippen molar-refractivity contribution in [1.29, 1.82) is 0 Å². The molecule has 8 heteroatoms. The molecule has 1 saturated carbocycles. The number of anilines is 1. The predicted octanol–water partition coefficient (Wildman–Crippen LogP) is 7.18. The Hall–Kier alpha value is -2.90. The molecule has 2 aromatic heterocycles. The van der Waals surface area contributed by atoms with E-state index in [1.807, 2.05) is 19.9 Å². The first-order valence-electron chi connectivity index (χ1n) is 12.6. The van der Waals surface area contributed by atoms with Gasteiger partial charge in [0.1, 0.15) is 17.4 Å². The summed E-state index contributed by atoms with van der Waals surface area (Å²) >= 11 is 5.98. The first kappa shape index (κ1) is 23.5. The quantitative estimate of drug-likeness (QED) is 0.286. The van der Waals surface area contributed by atoms with E-state index >= 15 is 0 Å². The fraction of sp³-hybridized carbons (Fsp3) is 0.429. The Morgan fingerprint density at radius 3 is 2.69 bits per heavy atom. The SMILES string of the molecule is CO[C@@H]1CC[C@@H](n2c([C@@H]3CCCN3c3ccc(Cl)c(F)c3)nc3cc(-c4c(C)noc4C)ccc32)C1. The number of aryl methyl sites for hydroxylation is 2. The highest BCUT2D eigenvalue weighted by Gasteiger charge is 2.35. The van der Waals surface area contributed by atoms with Gasteiger partial charge in [-0.3, -0.25) is 0 Å². The van der Waals surface area contributed by atoms with Crippen LogP contribution in [0.2, 0.25) is 5.02 Å². The van der Waals surface area contributed by atoms with Crippen LogP contribution in [0.3, 0.4) is 0 Å². The van der Waals surface area contributed by atoms with Gasteiger partial charge in [0.2, 0.25) is 0 Å². The molecule has 0 radical (unpaired) electrons. The summed E-state index contributed by atoms with van der Waals surface area (Å²) in [6, 6.07) is 11.9. The van der Waals surface area contributed by atoms with Crippen LogP contribution in [0.5, 0.6) is 0 Å². The van der Waals surface area contributed by atoms with Crippen molar-refractivity contribution in [3.8, 4) is 11.1 Å². The van der Waals surface area contributed by atoms with Crippen LogP contribution in [0.1, 0.15) is 61.5 Å². The van der Waals surface area contributed by atoms with Gasteiger partial charge < -0.3 is 18.7 Å². The second-order valence-corrected chi connectivity index (χ2v) is 10.4. The second kappa shape index (κ2) is 9.20. The maximum absolute atomic E-state index is 14.4. The monoisotopic (exact) mass is 508 g/mol. The Bertz CT molecular complexity index is 1410. The average molecular weight is 509 g/mol. The molecule has 0 spiro atoms. The molecule has 1 saturated heterocycles. The number of rotatable bonds is 5. The average Bonchev–Trinajstić information content (AvgIpc) is 3.65. The number of hydrogen-bond acceptors (Lipinski definition) is 5. The summed E-state index contributed by atoms with van der Waals surface area (Å²) in [6.45, 7) is 4.75. The fourth-order valence-electron chi connectivity index (χ4n) is 6.16. The molecule has 0 unspecified atom stereocenters. The zero-order chi connectivity index (χ0) is 25.0. The zero-order valence-corrected chi connectivity index (χ0v) is 21.6. The minimum Gasteiger partial charge on any atom is -0.381 e. The van der Waals surface area contributed by atoms with Gasteiger partial charge in [0, 0.05) is 30.9 Å². The van der Waals surface area contributed by atoms with E-state index in [4.69, 9.17) is 25.8 Å². The lowest BCUT2D eigenvalue weighted by molar-refractivity contribution is 0.106. The van der Waals surface area contributed by atoms with E-state index in [0.29, 0.717) is 6.04 Å². The maximum atomic E-state index is 14.4. The Morgan fingerprint density at radius 1 is 1.11 bits per heavy atom. The Balaban J connectivity index is 1.48. The van der Waals surface area contributed by atoms with Gasteiger partial charge in [-0.1, -0.05) is 22.8 Å². The fourth-order valence-corrected chi connectivity index (χ4v) is 6.28. The molecule has 0 N–H and O–H groups in total. The van der Waals surface area contributed by atoms with Crippen LogP contribution in [0.15, 0.2) is 40.9 Å². The third kappa shape index (κ3) is 3.89. The van der Waals surface area contributed by atoms with E-state index < -0.39 is 5.82 Å². The lowest BCUT2D eigenvalue weighted by atomic mass is 10.0. The van der Waals surface area contributed by atoms with Crippen LogP contribution in [-0.4, -0.2) is 34.5 Å². The van der Waals surface area contributed by atoms with Crippen LogP contribution in [0.25, 0.3) is 22.2 Å². The van der Waals surface area contributed by atoms with Crippen molar-refractivity contribution in [3.63, 3.8) is 0 Å². The molecular weight excluding hydrogens is 479 g/mol. The first-order valence-corrected chi connectivity index (χ1v) is 13.0. The number of aromatic nitrogens is 3. The summed E-state index contributed by atoms with van der Waals surface area (Å²) in [5.41, 5.74) is 5.87. The second-order valence-electron chi connectivity index (χ2n) is 10.0. The van der Waals surface area contributed by atoms with Gasteiger partial charge in [0.25, 0.3) is 0 Å². The Labute approximate surface area is 215 Å². The van der Waals surface area contributed by atoms with Gasteiger partial charge in [0.05, 0.1) is 33.9 Å². The molecule has 0 bridgehead atoms. The molecular formula is C28H30ClFN4O2. The molecule has 6 rings (SSSR count). The molecule has 36 heavy (non-hydrogen) atoms. The largest absolute Gasteiger partial charge is 0.381 e. The van der Waals surface area contributed by atoms with Crippen LogP contribution in [0, 0.1) is 19.7 Å². The third-order valence-electron chi connectivity index (χ3n) is 7.88. The molecule has 3 atom stereocenters. The highest BCUT2D eigenvalue weighted by atomic mass is 35.5. The van der Waals surface area contributed by atoms with Crippen LogP contribution in [0.4, 0.5) is 10.1 Å². The highest BCUT2D eigenvalue weighted by Crippen LogP contribution is 2.43. The van der Waals surface area contributed by atoms with Crippen molar-refractivity contribution in [1.82, 2.24) is 14.7 Å². The molecule has 188 valence electrons. The number of benzene rings is 2. The Morgan fingerprint density at radius 2 is 1.97 bits per heavy atom. The first-order chi connectivity index (χ1) is 17.4. The molecule has 3 heterocycles. The molecule has 2 aliphatic rings. The molecule has 2 aromatic carbocycles. The third-order valence-corrected chi connectivity index (χ3v) is 8.19. The highest BCUT2D eigenvalue weighted by molar-refractivity contribution is 6.30. The van der Waals surface area contributed by atoms with Crippen molar-refractivity contribution in [2.45, 2.75) is 64.1 Å². The normalized spacial score (nSPS) is 22.2. The molecule has 2 fully saturated rings. The summed E-state index contributed by atoms with van der Waals surface area (Å²) < 4.78 is 27.9. The molecule has 4 aromatic rings. The standard InChI is InChI=1S/C28H30ClFN4O2/c1-16-27(17(2)36-32-16)18-6-11-25-24(13-18)31-28(34(25)20-7-9-21(14-20)35-3)26-5-4-12-33(26)19-8-10-22(29)23(30)15-19/h6,8,10-11,13,15,20-21,26H,4-5,7,9,12,14H2,1-3H3/t20-,21-,26+/m1/s1. The molecule has 0 amide bonds. The van der Waals surface area contributed by atoms with E-state index in [0.717, 1.165) is 83.8 Å². The van der Waals surface area contributed by atoms with E-state index in [1.54, 1.807) is 19.2 Å². The lowest BCUT2D eigenvalue weighted by Crippen LogP contribution is -2.26. The van der Waals surface area contributed by atoms with Gasteiger partial charge in [-0.05, 0) is 81.8 Å². The summed E-state index contributed by atoms with van der Waals surface area (Å²) in [5, 5.41) is 4.28.